The Bertz CT molecular complexity index is 543. The minimum absolute atomic E-state index is 0.162. The molecular formula is C15H17F3N2S. The molecule has 1 aromatic rings. The molecule has 0 radical (unpaired) electrons. The summed E-state index contributed by atoms with van der Waals surface area (Å²) in [5.41, 5.74) is -0.645. The van der Waals surface area contributed by atoms with Crippen molar-refractivity contribution in [1.82, 2.24) is 0 Å². The van der Waals surface area contributed by atoms with Crippen LogP contribution in [0.2, 0.25) is 0 Å². The molecule has 1 aliphatic carbocycles. The number of nitrogens with one attached hydrogen (secondary N) is 1. The lowest BCUT2D eigenvalue weighted by molar-refractivity contribution is -0.137. The van der Waals surface area contributed by atoms with Crippen molar-refractivity contribution in [3.8, 4) is 6.07 Å². The van der Waals surface area contributed by atoms with Crippen LogP contribution in [0.4, 0.5) is 18.9 Å². The molecule has 1 aromatic carbocycles. The molecule has 0 aliphatic heterocycles. The van der Waals surface area contributed by atoms with E-state index in [9.17, 15) is 13.2 Å². The van der Waals surface area contributed by atoms with Crippen LogP contribution in [0.5, 0.6) is 0 Å². The first-order valence-corrected chi connectivity index (χ1v) is 8.03. The maximum atomic E-state index is 12.7. The van der Waals surface area contributed by atoms with E-state index in [0.717, 1.165) is 18.9 Å². The molecule has 0 heterocycles. The average molecular weight is 314 g/mol. The number of hydrogen-bond donors (Lipinski definition) is 1. The van der Waals surface area contributed by atoms with Crippen LogP contribution < -0.4 is 5.32 Å². The zero-order valence-corrected chi connectivity index (χ0v) is 12.6. The number of nitriles is 1. The van der Waals surface area contributed by atoms with Gasteiger partial charge in [0, 0.05) is 17.0 Å². The summed E-state index contributed by atoms with van der Waals surface area (Å²) in [6.45, 7) is 0.713. The molecule has 114 valence electrons. The van der Waals surface area contributed by atoms with Crippen molar-refractivity contribution < 1.29 is 13.2 Å². The maximum Gasteiger partial charge on any atom is 0.417 e. The van der Waals surface area contributed by atoms with Crippen LogP contribution in [0.15, 0.2) is 18.2 Å². The molecule has 2 nitrogen and oxygen atoms in total. The van der Waals surface area contributed by atoms with E-state index in [2.05, 4.69) is 11.6 Å². The van der Waals surface area contributed by atoms with Crippen LogP contribution in [0.25, 0.3) is 0 Å². The Balaban J connectivity index is 2.13. The van der Waals surface area contributed by atoms with E-state index >= 15 is 0 Å². The number of rotatable bonds is 4. The SMILES string of the molecule is CSC1(CNc2ccc(C(F)(F)F)c(C#N)c2)CCCC1. The molecule has 21 heavy (non-hydrogen) atoms. The van der Waals surface area contributed by atoms with Gasteiger partial charge in [0.2, 0.25) is 0 Å². The van der Waals surface area contributed by atoms with Gasteiger partial charge in [-0.05, 0) is 37.3 Å². The summed E-state index contributed by atoms with van der Waals surface area (Å²) in [4.78, 5) is 0. The van der Waals surface area contributed by atoms with Gasteiger partial charge in [-0.15, -0.1) is 0 Å². The van der Waals surface area contributed by atoms with Crippen molar-refractivity contribution in [1.29, 1.82) is 5.26 Å². The first kappa shape index (κ1) is 16.0. The highest BCUT2D eigenvalue weighted by atomic mass is 32.2. The Hall–Kier alpha value is -1.35. The van der Waals surface area contributed by atoms with Crippen LogP contribution in [-0.2, 0) is 6.18 Å². The minimum atomic E-state index is -4.49. The van der Waals surface area contributed by atoms with E-state index in [1.165, 1.54) is 25.0 Å². The van der Waals surface area contributed by atoms with Crippen LogP contribution in [-0.4, -0.2) is 17.5 Å². The van der Waals surface area contributed by atoms with Crippen LogP contribution in [0.3, 0.4) is 0 Å². The third-order valence-corrected chi connectivity index (χ3v) is 5.43. The van der Waals surface area contributed by atoms with Crippen LogP contribution >= 0.6 is 11.8 Å². The molecule has 1 aliphatic rings. The first-order valence-electron chi connectivity index (χ1n) is 6.81. The second kappa shape index (κ2) is 6.18. The van der Waals surface area contributed by atoms with Gasteiger partial charge in [0.15, 0.2) is 0 Å². The Morgan fingerprint density at radius 3 is 2.52 bits per heavy atom. The van der Waals surface area contributed by atoms with Crippen molar-refractivity contribution >= 4 is 17.4 Å². The number of alkyl halides is 3. The highest BCUT2D eigenvalue weighted by Gasteiger charge is 2.34. The maximum absolute atomic E-state index is 12.7. The van der Waals surface area contributed by atoms with Gasteiger partial charge < -0.3 is 5.32 Å². The summed E-state index contributed by atoms with van der Waals surface area (Å²) < 4.78 is 38.4. The molecule has 1 N–H and O–H groups in total. The highest BCUT2D eigenvalue weighted by molar-refractivity contribution is 8.00. The fourth-order valence-corrected chi connectivity index (χ4v) is 3.64. The molecule has 0 unspecified atom stereocenters. The van der Waals surface area contributed by atoms with Crippen molar-refractivity contribution in [3.05, 3.63) is 29.3 Å². The summed E-state index contributed by atoms with van der Waals surface area (Å²) in [5, 5.41) is 12.1. The van der Waals surface area contributed by atoms with Gasteiger partial charge in [0.25, 0.3) is 0 Å². The largest absolute Gasteiger partial charge is 0.417 e. The highest BCUT2D eigenvalue weighted by Crippen LogP contribution is 2.40. The number of anilines is 1. The number of halogens is 3. The fraction of sp³-hybridized carbons (Fsp3) is 0.533. The summed E-state index contributed by atoms with van der Waals surface area (Å²) in [7, 11) is 0. The van der Waals surface area contributed by atoms with Gasteiger partial charge in [-0.1, -0.05) is 12.8 Å². The predicted molar refractivity (Wildman–Crippen MR) is 79.4 cm³/mol. The van der Waals surface area contributed by atoms with Gasteiger partial charge in [-0.25, -0.2) is 0 Å². The van der Waals surface area contributed by atoms with Gasteiger partial charge in [0.1, 0.15) is 0 Å². The van der Waals surface area contributed by atoms with E-state index in [-0.39, 0.29) is 10.3 Å². The average Bonchev–Trinajstić information content (AvgIpc) is 2.93. The second-order valence-corrected chi connectivity index (χ2v) is 6.59. The fourth-order valence-electron chi connectivity index (χ4n) is 2.73. The van der Waals surface area contributed by atoms with Crippen molar-refractivity contribution in [3.63, 3.8) is 0 Å². The molecule has 0 spiro atoms. The molecule has 0 amide bonds. The van der Waals surface area contributed by atoms with E-state index in [1.807, 2.05) is 11.8 Å². The molecule has 0 atom stereocenters. The van der Waals surface area contributed by atoms with Crippen LogP contribution in [0.1, 0.15) is 36.8 Å². The van der Waals surface area contributed by atoms with E-state index < -0.39 is 11.7 Å². The Morgan fingerprint density at radius 1 is 1.33 bits per heavy atom. The third kappa shape index (κ3) is 3.65. The molecule has 1 fully saturated rings. The van der Waals surface area contributed by atoms with E-state index in [4.69, 9.17) is 5.26 Å². The molecule has 2 rings (SSSR count). The van der Waals surface area contributed by atoms with Gasteiger partial charge in [-0.3, -0.25) is 0 Å². The standard InChI is InChI=1S/C15H17F3N2S/c1-21-14(6-2-3-7-14)10-20-12-4-5-13(15(16,17)18)11(8-12)9-19/h4-5,8,20H,2-3,6-7,10H2,1H3. The Labute approximate surface area is 126 Å². The number of benzene rings is 1. The lowest BCUT2D eigenvalue weighted by atomic mass is 10.1. The third-order valence-electron chi connectivity index (χ3n) is 4.01. The van der Waals surface area contributed by atoms with Crippen LogP contribution in [0, 0.1) is 11.3 Å². The molecule has 0 bridgehead atoms. The summed E-state index contributed by atoms with van der Waals surface area (Å²) in [6.07, 6.45) is 2.20. The van der Waals surface area contributed by atoms with E-state index in [1.54, 1.807) is 6.07 Å². The van der Waals surface area contributed by atoms with E-state index in [0.29, 0.717) is 12.2 Å². The summed E-state index contributed by atoms with van der Waals surface area (Å²) in [6, 6.07) is 5.28. The zero-order valence-electron chi connectivity index (χ0n) is 11.8. The van der Waals surface area contributed by atoms with Crippen molar-refractivity contribution in [2.75, 3.05) is 18.1 Å². The molecule has 1 saturated carbocycles. The van der Waals surface area contributed by atoms with Crippen molar-refractivity contribution in [2.45, 2.75) is 36.6 Å². The quantitative estimate of drug-likeness (QED) is 0.877. The number of thioether (sulfide) groups is 1. The molecule has 0 saturated heterocycles. The Kier molecular flexibility index (Phi) is 4.72. The van der Waals surface area contributed by atoms with Crippen molar-refractivity contribution in [2.24, 2.45) is 0 Å². The molecule has 6 heteroatoms. The minimum Gasteiger partial charge on any atom is -0.384 e. The van der Waals surface area contributed by atoms with Gasteiger partial charge >= 0.3 is 6.18 Å². The summed E-state index contributed by atoms with van der Waals surface area (Å²) in [5.74, 6) is 0. The zero-order chi connectivity index (χ0) is 15.5. The second-order valence-electron chi connectivity index (χ2n) is 5.32. The van der Waals surface area contributed by atoms with Gasteiger partial charge in [0.05, 0.1) is 17.2 Å². The monoisotopic (exact) mass is 314 g/mol. The lowest BCUT2D eigenvalue weighted by Gasteiger charge is -2.27. The first-order chi connectivity index (χ1) is 9.90. The Morgan fingerprint density at radius 2 is 2.00 bits per heavy atom. The van der Waals surface area contributed by atoms with Gasteiger partial charge in [-0.2, -0.15) is 30.2 Å². The number of nitrogens with zero attached hydrogens (tertiary/aromatic N) is 1. The number of hydrogen-bond acceptors (Lipinski definition) is 3. The molecular weight excluding hydrogens is 297 g/mol. The smallest absolute Gasteiger partial charge is 0.384 e. The molecule has 0 aromatic heterocycles. The lowest BCUT2D eigenvalue weighted by Crippen LogP contribution is -2.30. The normalized spacial score (nSPS) is 17.5. The topological polar surface area (TPSA) is 35.8 Å². The predicted octanol–water partition coefficient (Wildman–Crippen LogP) is 4.66. The summed E-state index contributed by atoms with van der Waals surface area (Å²) >= 11 is 1.81.